The molecule has 1 amide bonds. The first-order valence-electron chi connectivity index (χ1n) is 8.52. The van der Waals surface area contributed by atoms with Crippen molar-refractivity contribution in [1.29, 1.82) is 0 Å². The molecular formula is C20H23N3O. The second-order valence-corrected chi connectivity index (χ2v) is 6.03. The van der Waals surface area contributed by atoms with Crippen molar-refractivity contribution in [2.75, 3.05) is 18.0 Å². The Bertz CT molecular complexity index is 674. The number of benzene rings is 1. The van der Waals surface area contributed by atoms with Crippen molar-refractivity contribution in [2.45, 2.75) is 25.8 Å². The van der Waals surface area contributed by atoms with Gasteiger partial charge < -0.3 is 10.2 Å². The number of aromatic nitrogens is 1. The molecule has 0 atom stereocenters. The van der Waals surface area contributed by atoms with Gasteiger partial charge >= 0.3 is 0 Å². The van der Waals surface area contributed by atoms with Crippen LogP contribution in [0.25, 0.3) is 6.08 Å². The summed E-state index contributed by atoms with van der Waals surface area (Å²) in [6.07, 6.45) is 9.03. The summed E-state index contributed by atoms with van der Waals surface area (Å²) in [7, 11) is 0. The van der Waals surface area contributed by atoms with Crippen LogP contribution in [0.15, 0.2) is 54.7 Å². The number of rotatable bonds is 5. The van der Waals surface area contributed by atoms with E-state index in [4.69, 9.17) is 0 Å². The Labute approximate surface area is 143 Å². The van der Waals surface area contributed by atoms with Crippen LogP contribution >= 0.6 is 0 Å². The van der Waals surface area contributed by atoms with E-state index in [2.05, 4.69) is 15.2 Å². The van der Waals surface area contributed by atoms with Crippen molar-refractivity contribution in [3.63, 3.8) is 0 Å². The van der Waals surface area contributed by atoms with Crippen molar-refractivity contribution in [3.05, 3.63) is 65.9 Å². The molecule has 2 aromatic rings. The molecule has 4 nitrogen and oxygen atoms in total. The Hall–Kier alpha value is -2.62. The Morgan fingerprint density at radius 1 is 1.08 bits per heavy atom. The van der Waals surface area contributed by atoms with Crippen LogP contribution in [-0.2, 0) is 11.3 Å². The first kappa shape index (κ1) is 16.2. The number of nitrogens with zero attached hydrogens (tertiary/aromatic N) is 2. The highest BCUT2D eigenvalue weighted by atomic mass is 16.1. The maximum atomic E-state index is 11.9. The lowest BCUT2D eigenvalue weighted by Crippen LogP contribution is -2.30. The van der Waals surface area contributed by atoms with Crippen LogP contribution in [-0.4, -0.2) is 24.0 Å². The maximum Gasteiger partial charge on any atom is 0.244 e. The zero-order chi connectivity index (χ0) is 16.6. The average Bonchev–Trinajstić information content (AvgIpc) is 2.67. The molecule has 1 fully saturated rings. The summed E-state index contributed by atoms with van der Waals surface area (Å²) in [5, 5.41) is 2.89. The van der Waals surface area contributed by atoms with Gasteiger partial charge in [0, 0.05) is 31.9 Å². The highest BCUT2D eigenvalue weighted by Crippen LogP contribution is 2.17. The molecule has 0 radical (unpaired) electrons. The molecule has 1 N–H and O–H groups in total. The third-order valence-electron chi connectivity index (χ3n) is 4.18. The smallest absolute Gasteiger partial charge is 0.244 e. The van der Waals surface area contributed by atoms with Gasteiger partial charge in [-0.2, -0.15) is 0 Å². The predicted octanol–water partition coefficient (Wildman–Crippen LogP) is 3.40. The molecule has 0 bridgehead atoms. The second-order valence-electron chi connectivity index (χ2n) is 6.03. The van der Waals surface area contributed by atoms with Crippen molar-refractivity contribution in [1.82, 2.24) is 10.3 Å². The predicted molar refractivity (Wildman–Crippen MR) is 97.6 cm³/mol. The zero-order valence-electron chi connectivity index (χ0n) is 13.8. The molecule has 0 saturated carbocycles. The van der Waals surface area contributed by atoms with Crippen LogP contribution in [0, 0.1) is 0 Å². The van der Waals surface area contributed by atoms with Crippen molar-refractivity contribution in [3.8, 4) is 0 Å². The fraction of sp³-hybridized carbons (Fsp3) is 0.300. The van der Waals surface area contributed by atoms with Crippen LogP contribution < -0.4 is 10.2 Å². The number of piperidine rings is 1. The second kappa shape index (κ2) is 8.29. The zero-order valence-corrected chi connectivity index (χ0v) is 13.8. The Balaban J connectivity index is 1.49. The largest absolute Gasteiger partial charge is 0.357 e. The first-order chi connectivity index (χ1) is 11.8. The molecule has 1 aromatic heterocycles. The molecule has 2 heterocycles. The van der Waals surface area contributed by atoms with Gasteiger partial charge in [0.15, 0.2) is 0 Å². The summed E-state index contributed by atoms with van der Waals surface area (Å²) in [6.45, 7) is 2.67. The minimum Gasteiger partial charge on any atom is -0.357 e. The third kappa shape index (κ3) is 4.69. The van der Waals surface area contributed by atoms with Crippen LogP contribution in [0.5, 0.6) is 0 Å². The van der Waals surface area contributed by atoms with E-state index in [1.165, 1.54) is 19.3 Å². The van der Waals surface area contributed by atoms with Gasteiger partial charge in [0.1, 0.15) is 5.82 Å². The molecule has 24 heavy (non-hydrogen) atoms. The molecule has 0 unspecified atom stereocenters. The average molecular weight is 321 g/mol. The monoisotopic (exact) mass is 321 g/mol. The van der Waals surface area contributed by atoms with Gasteiger partial charge in [-0.05, 0) is 42.5 Å². The summed E-state index contributed by atoms with van der Waals surface area (Å²) in [4.78, 5) is 18.7. The topological polar surface area (TPSA) is 45.2 Å². The van der Waals surface area contributed by atoms with E-state index >= 15 is 0 Å². The van der Waals surface area contributed by atoms with Gasteiger partial charge in [-0.15, -0.1) is 0 Å². The molecule has 0 aliphatic carbocycles. The van der Waals surface area contributed by atoms with Gasteiger partial charge in [-0.3, -0.25) is 4.79 Å². The Morgan fingerprint density at radius 3 is 2.58 bits per heavy atom. The Morgan fingerprint density at radius 2 is 1.88 bits per heavy atom. The highest BCUT2D eigenvalue weighted by molar-refractivity contribution is 5.91. The van der Waals surface area contributed by atoms with Gasteiger partial charge in [0.05, 0.1) is 0 Å². The van der Waals surface area contributed by atoms with Crippen molar-refractivity contribution in [2.24, 2.45) is 0 Å². The maximum absolute atomic E-state index is 11.9. The lowest BCUT2D eigenvalue weighted by Gasteiger charge is -2.27. The van der Waals surface area contributed by atoms with Gasteiger partial charge in [-0.25, -0.2) is 4.98 Å². The van der Waals surface area contributed by atoms with Crippen LogP contribution in [0.1, 0.15) is 30.4 Å². The number of pyridine rings is 1. The summed E-state index contributed by atoms with van der Waals surface area (Å²) < 4.78 is 0. The van der Waals surface area contributed by atoms with E-state index in [1.54, 1.807) is 6.08 Å². The minimum atomic E-state index is -0.0982. The molecule has 1 saturated heterocycles. The quantitative estimate of drug-likeness (QED) is 0.859. The van der Waals surface area contributed by atoms with Crippen LogP contribution in [0.3, 0.4) is 0 Å². The molecule has 1 aliphatic rings. The first-order valence-corrected chi connectivity index (χ1v) is 8.52. The van der Waals surface area contributed by atoms with Gasteiger partial charge in [-0.1, -0.05) is 36.4 Å². The SMILES string of the molecule is O=C(/C=C/c1ccccc1)NCc1ccc(N2CCCCC2)nc1. The number of carbonyl (C=O) groups is 1. The van der Waals surface area contributed by atoms with Crippen molar-refractivity contribution < 1.29 is 4.79 Å². The molecule has 0 spiro atoms. The number of anilines is 1. The van der Waals surface area contributed by atoms with Crippen LogP contribution in [0.2, 0.25) is 0 Å². The van der Waals surface area contributed by atoms with E-state index < -0.39 is 0 Å². The fourth-order valence-electron chi connectivity index (χ4n) is 2.82. The standard InChI is InChI=1S/C20H23N3O/c24-20(12-10-17-7-3-1-4-8-17)22-16-18-9-11-19(21-15-18)23-13-5-2-6-14-23/h1,3-4,7-12,15H,2,5-6,13-14,16H2,(H,22,24)/b12-10+. The normalized spacial score (nSPS) is 14.8. The summed E-state index contributed by atoms with van der Waals surface area (Å²) in [6, 6.07) is 13.9. The molecule has 1 aromatic carbocycles. The highest BCUT2D eigenvalue weighted by Gasteiger charge is 2.11. The van der Waals surface area contributed by atoms with Crippen molar-refractivity contribution >= 4 is 17.8 Å². The van der Waals surface area contributed by atoms with E-state index in [9.17, 15) is 4.79 Å². The van der Waals surface area contributed by atoms with E-state index in [1.807, 2.05) is 54.7 Å². The fourth-order valence-corrected chi connectivity index (χ4v) is 2.82. The number of hydrogen-bond acceptors (Lipinski definition) is 3. The molecule has 124 valence electrons. The Kier molecular flexibility index (Phi) is 5.61. The number of amides is 1. The molecular weight excluding hydrogens is 298 g/mol. The summed E-state index contributed by atoms with van der Waals surface area (Å²) in [5.74, 6) is 0.938. The third-order valence-corrected chi connectivity index (χ3v) is 4.18. The lowest BCUT2D eigenvalue weighted by atomic mass is 10.1. The number of carbonyl (C=O) groups excluding carboxylic acids is 1. The summed E-state index contributed by atoms with van der Waals surface area (Å²) >= 11 is 0. The number of nitrogens with one attached hydrogen (secondary N) is 1. The van der Waals surface area contributed by atoms with E-state index in [0.29, 0.717) is 6.54 Å². The van der Waals surface area contributed by atoms with E-state index in [0.717, 1.165) is 30.0 Å². The minimum absolute atomic E-state index is 0.0982. The van der Waals surface area contributed by atoms with Crippen LogP contribution in [0.4, 0.5) is 5.82 Å². The van der Waals surface area contributed by atoms with E-state index in [-0.39, 0.29) is 5.91 Å². The van der Waals surface area contributed by atoms with Gasteiger partial charge in [0.2, 0.25) is 5.91 Å². The molecule has 4 heteroatoms. The number of hydrogen-bond donors (Lipinski definition) is 1. The van der Waals surface area contributed by atoms with Gasteiger partial charge in [0.25, 0.3) is 0 Å². The molecule has 1 aliphatic heterocycles. The lowest BCUT2D eigenvalue weighted by molar-refractivity contribution is -0.116. The summed E-state index contributed by atoms with van der Waals surface area (Å²) in [5.41, 5.74) is 2.03. The molecule has 3 rings (SSSR count).